The van der Waals surface area contributed by atoms with Crippen LogP contribution in [0.2, 0.25) is 10.0 Å². The predicted molar refractivity (Wildman–Crippen MR) is 129 cm³/mol. The Kier molecular flexibility index (Phi) is 5.95. The Bertz CT molecular complexity index is 1380. The summed E-state index contributed by atoms with van der Waals surface area (Å²) in [5, 5.41) is 15.6. The third-order valence-corrected chi connectivity index (χ3v) is 7.20. The average molecular weight is 484 g/mol. The van der Waals surface area contributed by atoms with E-state index < -0.39 is 6.10 Å². The minimum absolute atomic E-state index is 0.212. The molecule has 1 fully saturated rings. The molecule has 0 spiro atoms. The molecule has 3 heterocycles. The highest BCUT2D eigenvalue weighted by atomic mass is 35.5. The van der Waals surface area contributed by atoms with Gasteiger partial charge in [-0.25, -0.2) is 4.98 Å². The van der Waals surface area contributed by atoms with Gasteiger partial charge in [-0.1, -0.05) is 42.1 Å². The molecule has 3 aromatic heterocycles. The molecule has 1 aromatic carbocycles. The van der Waals surface area contributed by atoms with Gasteiger partial charge in [-0.05, 0) is 36.1 Å². The average Bonchev–Trinajstić information content (AvgIpc) is 3.25. The summed E-state index contributed by atoms with van der Waals surface area (Å²) in [7, 11) is 1.86. The third kappa shape index (κ3) is 4.16. The Morgan fingerprint density at radius 2 is 1.94 bits per heavy atom. The van der Waals surface area contributed by atoms with Crippen molar-refractivity contribution in [1.82, 2.24) is 24.3 Å². The standard InChI is InChI=1S/C24H23Cl2N5O2/c1-30-12-16(11-29-30)18-7-6-14(10-27-18)8-15-9-17-23(22(26)21(15)25)28-13-31(24(17)33)19-4-2-3-5-20(19)32/h6-7,9-13,19-20,32H,2-5,8H2,1H3/t19-,20-/m0/s1. The molecular weight excluding hydrogens is 461 g/mol. The summed E-state index contributed by atoms with van der Waals surface area (Å²) >= 11 is 13.1. The number of rotatable bonds is 4. The van der Waals surface area contributed by atoms with E-state index in [9.17, 15) is 9.90 Å². The van der Waals surface area contributed by atoms with Crippen LogP contribution in [-0.2, 0) is 13.5 Å². The van der Waals surface area contributed by atoms with Crippen molar-refractivity contribution in [2.24, 2.45) is 7.05 Å². The number of aryl methyl sites for hydroxylation is 1. The van der Waals surface area contributed by atoms with Crippen LogP contribution in [-0.4, -0.2) is 35.5 Å². The number of nitrogens with zero attached hydrogens (tertiary/aromatic N) is 5. The first kappa shape index (κ1) is 22.1. The van der Waals surface area contributed by atoms with Crippen LogP contribution in [0.3, 0.4) is 0 Å². The molecule has 1 aliphatic carbocycles. The van der Waals surface area contributed by atoms with Crippen molar-refractivity contribution in [2.45, 2.75) is 44.2 Å². The van der Waals surface area contributed by atoms with Crippen molar-refractivity contribution in [3.63, 3.8) is 0 Å². The molecule has 9 heteroatoms. The summed E-state index contributed by atoms with van der Waals surface area (Å²) in [4.78, 5) is 22.3. The van der Waals surface area contributed by atoms with Gasteiger partial charge in [-0.15, -0.1) is 0 Å². The largest absolute Gasteiger partial charge is 0.391 e. The smallest absolute Gasteiger partial charge is 0.261 e. The van der Waals surface area contributed by atoms with Crippen LogP contribution >= 0.6 is 23.2 Å². The molecule has 0 saturated heterocycles. The van der Waals surface area contributed by atoms with Crippen LogP contribution in [0, 0.1) is 0 Å². The van der Waals surface area contributed by atoms with Gasteiger partial charge in [0, 0.05) is 31.4 Å². The van der Waals surface area contributed by atoms with E-state index in [1.807, 2.05) is 25.4 Å². The van der Waals surface area contributed by atoms with Crippen LogP contribution in [0.25, 0.3) is 22.2 Å². The second kappa shape index (κ2) is 8.89. The maximum Gasteiger partial charge on any atom is 0.261 e. The molecule has 5 rings (SSSR count). The number of aliphatic hydroxyl groups excluding tert-OH is 1. The van der Waals surface area contributed by atoms with E-state index in [1.165, 1.54) is 6.33 Å². The zero-order valence-corrected chi connectivity index (χ0v) is 19.6. The first-order valence-electron chi connectivity index (χ1n) is 10.9. The van der Waals surface area contributed by atoms with E-state index in [2.05, 4.69) is 15.1 Å². The number of pyridine rings is 1. The normalized spacial score (nSPS) is 18.7. The lowest BCUT2D eigenvalue weighted by molar-refractivity contribution is 0.0735. The summed E-state index contributed by atoms with van der Waals surface area (Å²) in [6, 6.07) is 5.40. The number of fused-ring (bicyclic) bond motifs is 1. The Hall–Kier alpha value is -2.74. The van der Waals surface area contributed by atoms with Crippen molar-refractivity contribution in [3.05, 3.63) is 74.6 Å². The summed E-state index contributed by atoms with van der Waals surface area (Å²) in [6.45, 7) is 0. The van der Waals surface area contributed by atoms with Gasteiger partial charge in [0.25, 0.3) is 5.56 Å². The molecule has 170 valence electrons. The molecule has 2 atom stereocenters. The highest BCUT2D eigenvalue weighted by Gasteiger charge is 2.26. The fourth-order valence-electron chi connectivity index (χ4n) is 4.52. The van der Waals surface area contributed by atoms with Crippen molar-refractivity contribution >= 4 is 34.1 Å². The van der Waals surface area contributed by atoms with Gasteiger partial charge in [0.2, 0.25) is 0 Å². The van der Waals surface area contributed by atoms with E-state index >= 15 is 0 Å². The minimum atomic E-state index is -0.553. The van der Waals surface area contributed by atoms with Crippen LogP contribution in [0.1, 0.15) is 42.9 Å². The molecule has 4 aromatic rings. The fourth-order valence-corrected chi connectivity index (χ4v) is 5.01. The molecule has 0 aliphatic heterocycles. The number of benzene rings is 1. The summed E-state index contributed by atoms with van der Waals surface area (Å²) in [6.07, 6.45) is 10.2. The van der Waals surface area contributed by atoms with Crippen molar-refractivity contribution < 1.29 is 5.11 Å². The molecular formula is C24H23Cl2N5O2. The second-order valence-electron chi connectivity index (χ2n) is 8.57. The second-order valence-corrected chi connectivity index (χ2v) is 9.32. The quantitative estimate of drug-likeness (QED) is 0.459. The topological polar surface area (TPSA) is 85.8 Å². The van der Waals surface area contributed by atoms with E-state index in [0.29, 0.717) is 28.8 Å². The number of aliphatic hydroxyl groups is 1. The van der Waals surface area contributed by atoms with E-state index in [0.717, 1.165) is 41.6 Å². The van der Waals surface area contributed by atoms with Crippen molar-refractivity contribution in [2.75, 3.05) is 0 Å². The Morgan fingerprint density at radius 3 is 2.64 bits per heavy atom. The lowest BCUT2D eigenvalue weighted by Gasteiger charge is -2.29. The van der Waals surface area contributed by atoms with E-state index in [4.69, 9.17) is 23.2 Å². The Balaban J connectivity index is 1.51. The van der Waals surface area contributed by atoms with E-state index in [1.54, 1.807) is 27.7 Å². The molecule has 1 N–H and O–H groups in total. The number of hydrogen-bond acceptors (Lipinski definition) is 5. The minimum Gasteiger partial charge on any atom is -0.391 e. The molecule has 0 amide bonds. The van der Waals surface area contributed by atoms with Gasteiger partial charge in [-0.2, -0.15) is 5.10 Å². The SMILES string of the molecule is Cn1cc(-c2ccc(Cc3cc4c(=O)n([C@H]5CCCC[C@@H]5O)cnc4c(Cl)c3Cl)cn2)cn1. The molecule has 0 bridgehead atoms. The zero-order valence-electron chi connectivity index (χ0n) is 18.1. The van der Waals surface area contributed by atoms with Crippen LogP contribution < -0.4 is 5.56 Å². The molecule has 1 aliphatic rings. The maximum absolute atomic E-state index is 13.3. The van der Waals surface area contributed by atoms with Gasteiger partial charge in [0.15, 0.2) is 0 Å². The summed E-state index contributed by atoms with van der Waals surface area (Å²) in [5.74, 6) is 0. The van der Waals surface area contributed by atoms with Crippen LogP contribution in [0.5, 0.6) is 0 Å². The first-order chi connectivity index (χ1) is 15.9. The van der Waals surface area contributed by atoms with Gasteiger partial charge >= 0.3 is 0 Å². The monoisotopic (exact) mass is 483 g/mol. The highest BCUT2D eigenvalue weighted by Crippen LogP contribution is 2.34. The summed E-state index contributed by atoms with van der Waals surface area (Å²) in [5.41, 5.74) is 3.59. The molecule has 7 nitrogen and oxygen atoms in total. The lowest BCUT2D eigenvalue weighted by atomic mass is 9.92. The van der Waals surface area contributed by atoms with E-state index in [-0.39, 0.29) is 16.6 Å². The predicted octanol–water partition coefficient (Wildman–Crippen LogP) is 4.57. The van der Waals surface area contributed by atoms with Gasteiger partial charge in [-0.3, -0.25) is 19.0 Å². The van der Waals surface area contributed by atoms with Gasteiger partial charge in [0.1, 0.15) is 0 Å². The van der Waals surface area contributed by atoms with Gasteiger partial charge < -0.3 is 5.11 Å². The Morgan fingerprint density at radius 1 is 1.12 bits per heavy atom. The Labute approximate surface area is 200 Å². The molecule has 1 saturated carbocycles. The van der Waals surface area contributed by atoms with Gasteiger partial charge in [0.05, 0.1) is 51.3 Å². The van der Waals surface area contributed by atoms with Crippen LogP contribution in [0.15, 0.2) is 47.9 Å². The maximum atomic E-state index is 13.3. The van der Waals surface area contributed by atoms with Crippen LogP contribution in [0.4, 0.5) is 0 Å². The molecule has 0 unspecified atom stereocenters. The molecule has 33 heavy (non-hydrogen) atoms. The fraction of sp³-hybridized carbons (Fsp3) is 0.333. The molecule has 0 radical (unpaired) electrons. The zero-order chi connectivity index (χ0) is 23.1. The number of hydrogen-bond donors (Lipinski definition) is 1. The third-order valence-electron chi connectivity index (χ3n) is 6.30. The van der Waals surface area contributed by atoms with Crippen molar-refractivity contribution in [1.29, 1.82) is 0 Å². The highest BCUT2D eigenvalue weighted by molar-refractivity contribution is 6.45. The van der Waals surface area contributed by atoms with Crippen molar-refractivity contribution in [3.8, 4) is 11.3 Å². The lowest BCUT2D eigenvalue weighted by Crippen LogP contribution is -2.34. The number of halogens is 2. The number of aromatic nitrogens is 5. The first-order valence-corrected chi connectivity index (χ1v) is 11.7. The summed E-state index contributed by atoms with van der Waals surface area (Å²) < 4.78 is 3.28.